The molecular formula is C20H20F2N2O4. The van der Waals surface area contributed by atoms with Crippen molar-refractivity contribution in [2.75, 3.05) is 13.2 Å². The molecule has 28 heavy (non-hydrogen) atoms. The largest absolute Gasteiger partial charge is 0.490 e. The first kappa shape index (κ1) is 21.0. The van der Waals surface area contributed by atoms with E-state index in [1.165, 1.54) is 18.2 Å². The summed E-state index contributed by atoms with van der Waals surface area (Å²) >= 11 is 0. The van der Waals surface area contributed by atoms with Crippen LogP contribution in [0.3, 0.4) is 0 Å². The molecule has 0 aliphatic carbocycles. The smallest absolute Gasteiger partial charge is 0.387 e. The van der Waals surface area contributed by atoms with Gasteiger partial charge in [0.25, 0.3) is 5.91 Å². The summed E-state index contributed by atoms with van der Waals surface area (Å²) in [5, 5.41) is 11.7. The Labute approximate surface area is 161 Å². The summed E-state index contributed by atoms with van der Waals surface area (Å²) in [5.74, 6) is 0.332. The topological polar surface area (TPSA) is 80.6 Å². The lowest BCUT2D eigenvalue weighted by Crippen LogP contribution is -2.31. The van der Waals surface area contributed by atoms with Crippen molar-refractivity contribution in [2.24, 2.45) is 0 Å². The highest BCUT2D eigenvalue weighted by atomic mass is 19.3. The molecule has 0 aliphatic rings. The molecule has 0 radical (unpaired) electrons. The van der Waals surface area contributed by atoms with Gasteiger partial charge in [-0.1, -0.05) is 12.1 Å². The summed E-state index contributed by atoms with van der Waals surface area (Å²) < 4.78 is 39.9. The minimum atomic E-state index is -2.92. The Morgan fingerprint density at radius 2 is 1.96 bits per heavy atom. The Kier molecular flexibility index (Phi) is 7.57. The minimum Gasteiger partial charge on any atom is -0.490 e. The van der Waals surface area contributed by atoms with E-state index in [1.54, 1.807) is 38.1 Å². The highest BCUT2D eigenvalue weighted by molar-refractivity contribution is 5.78. The second-order valence-corrected chi connectivity index (χ2v) is 5.74. The van der Waals surface area contributed by atoms with E-state index in [0.29, 0.717) is 29.2 Å². The van der Waals surface area contributed by atoms with E-state index in [2.05, 4.69) is 10.1 Å². The van der Waals surface area contributed by atoms with Crippen LogP contribution in [0.1, 0.15) is 31.0 Å². The van der Waals surface area contributed by atoms with Crippen molar-refractivity contribution in [2.45, 2.75) is 26.5 Å². The molecule has 2 aromatic carbocycles. The van der Waals surface area contributed by atoms with Gasteiger partial charge in [0.05, 0.1) is 24.3 Å². The summed E-state index contributed by atoms with van der Waals surface area (Å²) in [5.41, 5.74) is 1.03. The third-order valence-electron chi connectivity index (χ3n) is 3.69. The highest BCUT2D eigenvalue weighted by Crippen LogP contribution is 2.28. The van der Waals surface area contributed by atoms with Crippen molar-refractivity contribution in [3.05, 3.63) is 53.6 Å². The van der Waals surface area contributed by atoms with E-state index in [1.807, 2.05) is 6.07 Å². The number of hydrogen-bond acceptors (Lipinski definition) is 5. The predicted octanol–water partition coefficient (Wildman–Crippen LogP) is 3.81. The first-order valence-electron chi connectivity index (χ1n) is 8.56. The first-order valence-corrected chi connectivity index (χ1v) is 8.56. The Hall–Kier alpha value is -3.34. The molecule has 0 saturated carbocycles. The fourth-order valence-corrected chi connectivity index (χ4v) is 2.44. The van der Waals surface area contributed by atoms with Gasteiger partial charge in [0.2, 0.25) is 0 Å². The monoisotopic (exact) mass is 390 g/mol. The standard InChI is InChI=1S/C20H20F2N2O4/c1-3-26-18-9-14(11-23)7-8-17(18)27-12-19(25)24-13(2)15-5-4-6-16(10-15)28-20(21)22/h4-10,13,20H,3,12H2,1-2H3,(H,24,25). The van der Waals surface area contributed by atoms with Gasteiger partial charge in [0, 0.05) is 6.07 Å². The first-order chi connectivity index (χ1) is 13.4. The van der Waals surface area contributed by atoms with Gasteiger partial charge in [-0.25, -0.2) is 0 Å². The van der Waals surface area contributed by atoms with Gasteiger partial charge in [0.15, 0.2) is 18.1 Å². The number of alkyl halides is 2. The fraction of sp³-hybridized carbons (Fsp3) is 0.300. The number of benzene rings is 2. The van der Waals surface area contributed by atoms with Crippen LogP contribution in [0.4, 0.5) is 8.78 Å². The Bertz CT molecular complexity index is 852. The van der Waals surface area contributed by atoms with Gasteiger partial charge in [0.1, 0.15) is 5.75 Å². The molecule has 0 heterocycles. The van der Waals surface area contributed by atoms with Crippen LogP contribution in [-0.2, 0) is 4.79 Å². The summed E-state index contributed by atoms with van der Waals surface area (Å²) in [7, 11) is 0. The van der Waals surface area contributed by atoms with Crippen LogP contribution in [0.15, 0.2) is 42.5 Å². The molecule has 148 valence electrons. The molecule has 0 saturated heterocycles. The average molecular weight is 390 g/mol. The number of rotatable bonds is 9. The summed E-state index contributed by atoms with van der Waals surface area (Å²) in [6.45, 7) is 0.700. The molecule has 8 heteroatoms. The van der Waals surface area contributed by atoms with Crippen molar-refractivity contribution in [3.8, 4) is 23.3 Å². The third kappa shape index (κ3) is 6.13. The van der Waals surface area contributed by atoms with Gasteiger partial charge < -0.3 is 19.5 Å². The van der Waals surface area contributed by atoms with Gasteiger partial charge in [-0.05, 0) is 43.7 Å². The number of carbonyl (C=O) groups is 1. The zero-order valence-electron chi connectivity index (χ0n) is 15.4. The van der Waals surface area contributed by atoms with E-state index >= 15 is 0 Å². The van der Waals surface area contributed by atoms with E-state index in [9.17, 15) is 13.6 Å². The van der Waals surface area contributed by atoms with Crippen LogP contribution in [0, 0.1) is 11.3 Å². The number of halogens is 2. The molecule has 0 aliphatic heterocycles. The third-order valence-corrected chi connectivity index (χ3v) is 3.69. The van der Waals surface area contributed by atoms with Crippen LogP contribution < -0.4 is 19.5 Å². The molecule has 0 fully saturated rings. The summed E-state index contributed by atoms with van der Waals surface area (Å²) in [6.07, 6.45) is 0. The van der Waals surface area contributed by atoms with E-state index < -0.39 is 18.6 Å². The van der Waals surface area contributed by atoms with Crippen LogP contribution in [0.25, 0.3) is 0 Å². The molecule has 2 rings (SSSR count). The molecule has 6 nitrogen and oxygen atoms in total. The average Bonchev–Trinajstić information content (AvgIpc) is 2.66. The second-order valence-electron chi connectivity index (χ2n) is 5.74. The number of carbonyl (C=O) groups excluding carboxylic acids is 1. The van der Waals surface area contributed by atoms with Crippen molar-refractivity contribution in [3.63, 3.8) is 0 Å². The fourth-order valence-electron chi connectivity index (χ4n) is 2.44. The lowest BCUT2D eigenvalue weighted by Gasteiger charge is -2.16. The number of hydrogen-bond donors (Lipinski definition) is 1. The zero-order valence-corrected chi connectivity index (χ0v) is 15.4. The highest BCUT2D eigenvalue weighted by Gasteiger charge is 2.14. The maximum absolute atomic E-state index is 12.3. The number of ether oxygens (including phenoxy) is 3. The maximum Gasteiger partial charge on any atom is 0.387 e. The second kappa shape index (κ2) is 10.1. The van der Waals surface area contributed by atoms with Crippen LogP contribution >= 0.6 is 0 Å². The van der Waals surface area contributed by atoms with Crippen LogP contribution in [0.5, 0.6) is 17.2 Å². The lowest BCUT2D eigenvalue weighted by atomic mass is 10.1. The van der Waals surface area contributed by atoms with E-state index in [0.717, 1.165) is 0 Å². The summed E-state index contributed by atoms with van der Waals surface area (Å²) in [4.78, 5) is 12.2. The number of nitrogens with one attached hydrogen (secondary N) is 1. The van der Waals surface area contributed by atoms with Crippen molar-refractivity contribution in [1.82, 2.24) is 5.32 Å². The molecule has 1 unspecified atom stereocenters. The molecule has 0 aromatic heterocycles. The number of amides is 1. The molecule has 1 atom stereocenters. The molecular weight excluding hydrogens is 370 g/mol. The number of nitrogens with zero attached hydrogens (tertiary/aromatic N) is 1. The molecule has 1 N–H and O–H groups in total. The van der Waals surface area contributed by atoms with Crippen molar-refractivity contribution >= 4 is 5.91 Å². The quantitative estimate of drug-likeness (QED) is 0.704. The molecule has 1 amide bonds. The van der Waals surface area contributed by atoms with Gasteiger partial charge in [-0.2, -0.15) is 14.0 Å². The normalized spacial score (nSPS) is 11.4. The Morgan fingerprint density at radius 3 is 2.64 bits per heavy atom. The Morgan fingerprint density at radius 1 is 1.18 bits per heavy atom. The van der Waals surface area contributed by atoms with Gasteiger partial charge >= 0.3 is 6.61 Å². The van der Waals surface area contributed by atoms with Gasteiger partial charge in [-0.15, -0.1) is 0 Å². The van der Waals surface area contributed by atoms with Crippen molar-refractivity contribution < 1.29 is 27.8 Å². The lowest BCUT2D eigenvalue weighted by molar-refractivity contribution is -0.123. The van der Waals surface area contributed by atoms with Crippen LogP contribution in [0.2, 0.25) is 0 Å². The van der Waals surface area contributed by atoms with E-state index in [-0.39, 0.29) is 12.4 Å². The number of nitriles is 1. The molecule has 2 aromatic rings. The van der Waals surface area contributed by atoms with Crippen LogP contribution in [-0.4, -0.2) is 25.7 Å². The maximum atomic E-state index is 12.3. The van der Waals surface area contributed by atoms with E-state index in [4.69, 9.17) is 14.7 Å². The summed E-state index contributed by atoms with van der Waals surface area (Å²) in [6, 6.07) is 12.3. The molecule has 0 spiro atoms. The SMILES string of the molecule is CCOc1cc(C#N)ccc1OCC(=O)NC(C)c1cccc(OC(F)F)c1. The zero-order chi connectivity index (χ0) is 20.5. The van der Waals surface area contributed by atoms with Crippen molar-refractivity contribution in [1.29, 1.82) is 5.26 Å². The molecule has 0 bridgehead atoms. The predicted molar refractivity (Wildman–Crippen MR) is 97.5 cm³/mol. The minimum absolute atomic E-state index is 0.0174. The Balaban J connectivity index is 1.96. The van der Waals surface area contributed by atoms with Gasteiger partial charge in [-0.3, -0.25) is 4.79 Å².